The predicted octanol–water partition coefficient (Wildman–Crippen LogP) is 0.606. The van der Waals surface area contributed by atoms with E-state index >= 15 is 0 Å². The maximum atomic E-state index is 11.1. The molecule has 3 N–H and O–H groups in total. The summed E-state index contributed by atoms with van der Waals surface area (Å²) in [6.45, 7) is -0.404. The van der Waals surface area contributed by atoms with E-state index in [-0.39, 0.29) is 5.75 Å². The van der Waals surface area contributed by atoms with Crippen LogP contribution >= 0.6 is 0 Å². The summed E-state index contributed by atoms with van der Waals surface area (Å²) < 4.78 is 0. The van der Waals surface area contributed by atoms with Gasteiger partial charge in [-0.15, -0.1) is 0 Å². The lowest BCUT2D eigenvalue weighted by atomic mass is 10.2. The Morgan fingerprint density at radius 3 is 2.44 bits per heavy atom. The lowest BCUT2D eigenvalue weighted by molar-refractivity contribution is -0.137. The van der Waals surface area contributed by atoms with Crippen molar-refractivity contribution < 1.29 is 19.8 Å². The summed E-state index contributed by atoms with van der Waals surface area (Å²) in [5.41, 5.74) is 0.739. The van der Waals surface area contributed by atoms with Crippen LogP contribution in [-0.4, -0.2) is 28.6 Å². The van der Waals surface area contributed by atoms with Crippen LogP contribution in [0.2, 0.25) is 0 Å². The first-order chi connectivity index (χ1) is 7.58. The average molecular weight is 221 g/mol. The van der Waals surface area contributed by atoms with Gasteiger partial charge >= 0.3 is 5.97 Å². The molecule has 1 rings (SSSR count). The van der Waals surface area contributed by atoms with Crippen molar-refractivity contribution in [3.05, 3.63) is 35.9 Å². The number of nitrogens with one attached hydrogen (secondary N) is 1. The molecule has 0 aliphatic carbocycles. The Kier molecular flexibility index (Phi) is 4.08. The van der Waals surface area contributed by atoms with E-state index in [9.17, 15) is 9.59 Å². The monoisotopic (exact) mass is 221 g/mol. The van der Waals surface area contributed by atoms with Crippen LogP contribution in [0.25, 0.3) is 6.08 Å². The summed E-state index contributed by atoms with van der Waals surface area (Å²) in [4.78, 5) is 21.2. The normalized spacial score (nSPS) is 10.2. The summed E-state index contributed by atoms with van der Waals surface area (Å²) in [6.07, 6.45) is 2.76. The van der Waals surface area contributed by atoms with Gasteiger partial charge in [0.15, 0.2) is 0 Å². The summed E-state index contributed by atoms with van der Waals surface area (Å²) in [7, 11) is 0. The van der Waals surface area contributed by atoms with Crippen LogP contribution in [0.3, 0.4) is 0 Å². The van der Waals surface area contributed by atoms with Gasteiger partial charge in [0.25, 0.3) is 0 Å². The standard InChI is InChI=1S/C11H11NO4/c13-9-4-1-8(2-5-9)3-6-10(14)12-7-11(15)16/h1-6,13H,7H2,(H,12,14)(H,15,16)/b6-3+. The van der Waals surface area contributed by atoms with Gasteiger partial charge in [-0.2, -0.15) is 0 Å². The van der Waals surface area contributed by atoms with E-state index in [2.05, 4.69) is 5.32 Å². The fraction of sp³-hybridized carbons (Fsp3) is 0.0909. The van der Waals surface area contributed by atoms with Crippen LogP contribution in [0.4, 0.5) is 0 Å². The molecule has 1 aromatic rings. The number of amides is 1. The number of rotatable bonds is 4. The van der Waals surface area contributed by atoms with Crippen molar-refractivity contribution in [3.8, 4) is 5.75 Å². The molecule has 1 amide bonds. The van der Waals surface area contributed by atoms with E-state index in [0.717, 1.165) is 5.56 Å². The van der Waals surface area contributed by atoms with Gasteiger partial charge in [-0.25, -0.2) is 0 Å². The molecule has 16 heavy (non-hydrogen) atoms. The molecular formula is C11H11NO4. The van der Waals surface area contributed by atoms with Gasteiger partial charge in [0.1, 0.15) is 12.3 Å². The second kappa shape index (κ2) is 5.55. The van der Waals surface area contributed by atoms with Gasteiger partial charge in [-0.3, -0.25) is 9.59 Å². The highest BCUT2D eigenvalue weighted by molar-refractivity contribution is 5.93. The Bertz CT molecular complexity index is 408. The van der Waals surface area contributed by atoms with Gasteiger partial charge in [0.05, 0.1) is 0 Å². The zero-order chi connectivity index (χ0) is 12.0. The number of hydrogen-bond acceptors (Lipinski definition) is 3. The number of benzene rings is 1. The van der Waals surface area contributed by atoms with Gasteiger partial charge in [-0.1, -0.05) is 12.1 Å². The second-order valence-corrected chi connectivity index (χ2v) is 3.04. The number of phenols is 1. The number of carbonyl (C=O) groups is 2. The SMILES string of the molecule is O=C(O)CNC(=O)/C=C/c1ccc(O)cc1. The lowest BCUT2D eigenvalue weighted by Gasteiger charge is -1.96. The predicted molar refractivity (Wildman–Crippen MR) is 57.8 cm³/mol. The molecule has 0 saturated carbocycles. The smallest absolute Gasteiger partial charge is 0.322 e. The molecule has 0 radical (unpaired) electrons. The molecule has 5 heteroatoms. The topological polar surface area (TPSA) is 86.6 Å². The maximum Gasteiger partial charge on any atom is 0.322 e. The molecule has 0 fully saturated rings. The lowest BCUT2D eigenvalue weighted by Crippen LogP contribution is -2.27. The minimum atomic E-state index is -1.09. The van der Waals surface area contributed by atoms with Crippen molar-refractivity contribution in [2.75, 3.05) is 6.54 Å². The van der Waals surface area contributed by atoms with Crippen LogP contribution in [-0.2, 0) is 9.59 Å². The molecule has 0 aliphatic heterocycles. The van der Waals surface area contributed by atoms with E-state index in [1.165, 1.54) is 24.3 Å². The minimum absolute atomic E-state index is 0.146. The van der Waals surface area contributed by atoms with Gasteiger partial charge in [0.2, 0.25) is 5.91 Å². The number of carboxylic acid groups (broad SMARTS) is 1. The second-order valence-electron chi connectivity index (χ2n) is 3.04. The number of carbonyl (C=O) groups excluding carboxylic acids is 1. The molecule has 1 aromatic carbocycles. The molecule has 0 spiro atoms. The van der Waals surface area contributed by atoms with E-state index in [1.807, 2.05) is 0 Å². The number of phenolic OH excluding ortho intramolecular Hbond substituents is 1. The van der Waals surface area contributed by atoms with Gasteiger partial charge in [0, 0.05) is 6.08 Å². The van der Waals surface area contributed by atoms with Crippen LogP contribution < -0.4 is 5.32 Å². The average Bonchev–Trinajstić information content (AvgIpc) is 2.25. The third-order valence-corrected chi connectivity index (χ3v) is 1.73. The molecule has 0 aliphatic rings. The molecular weight excluding hydrogens is 210 g/mol. The first-order valence-corrected chi connectivity index (χ1v) is 4.54. The minimum Gasteiger partial charge on any atom is -0.508 e. The van der Waals surface area contributed by atoms with Crippen molar-refractivity contribution in [3.63, 3.8) is 0 Å². The summed E-state index contributed by atoms with van der Waals surface area (Å²) in [6, 6.07) is 6.26. The van der Waals surface area contributed by atoms with Crippen molar-refractivity contribution >= 4 is 18.0 Å². The van der Waals surface area contributed by atoms with E-state index in [4.69, 9.17) is 10.2 Å². The van der Waals surface area contributed by atoms with Crippen molar-refractivity contribution in [2.24, 2.45) is 0 Å². The van der Waals surface area contributed by atoms with Crippen molar-refractivity contribution in [1.29, 1.82) is 0 Å². The van der Waals surface area contributed by atoms with Crippen molar-refractivity contribution in [1.82, 2.24) is 5.32 Å². The molecule has 0 heterocycles. The quantitative estimate of drug-likeness (QED) is 0.650. The fourth-order valence-electron chi connectivity index (χ4n) is 0.979. The fourth-order valence-corrected chi connectivity index (χ4v) is 0.979. The molecule has 0 unspecified atom stereocenters. The first-order valence-electron chi connectivity index (χ1n) is 4.54. The summed E-state index contributed by atoms with van der Waals surface area (Å²) in [5, 5.41) is 19.5. The third-order valence-electron chi connectivity index (χ3n) is 1.73. The number of carboxylic acids is 1. The highest BCUT2D eigenvalue weighted by Gasteiger charge is 1.98. The Morgan fingerprint density at radius 2 is 1.88 bits per heavy atom. The van der Waals surface area contributed by atoms with E-state index in [0.29, 0.717) is 0 Å². The van der Waals surface area contributed by atoms with Gasteiger partial charge in [-0.05, 0) is 23.8 Å². The molecule has 0 bridgehead atoms. The number of hydrogen-bond donors (Lipinski definition) is 3. The van der Waals surface area contributed by atoms with Gasteiger partial charge < -0.3 is 15.5 Å². The number of aromatic hydroxyl groups is 1. The summed E-state index contributed by atoms with van der Waals surface area (Å²) in [5.74, 6) is -1.42. The Balaban J connectivity index is 2.50. The third kappa shape index (κ3) is 4.28. The van der Waals surface area contributed by atoms with Crippen LogP contribution in [0, 0.1) is 0 Å². The Morgan fingerprint density at radius 1 is 1.25 bits per heavy atom. The highest BCUT2D eigenvalue weighted by Crippen LogP contribution is 2.10. The molecule has 84 valence electrons. The Labute approximate surface area is 92.0 Å². The molecule has 0 aromatic heterocycles. The first kappa shape index (κ1) is 11.8. The van der Waals surface area contributed by atoms with Crippen LogP contribution in [0.1, 0.15) is 5.56 Å². The van der Waals surface area contributed by atoms with Crippen LogP contribution in [0.15, 0.2) is 30.3 Å². The zero-order valence-corrected chi connectivity index (χ0v) is 8.38. The molecule has 0 saturated heterocycles. The summed E-state index contributed by atoms with van der Waals surface area (Å²) >= 11 is 0. The van der Waals surface area contributed by atoms with Crippen LogP contribution in [0.5, 0.6) is 5.75 Å². The zero-order valence-electron chi connectivity index (χ0n) is 8.38. The van der Waals surface area contributed by atoms with E-state index in [1.54, 1.807) is 12.1 Å². The largest absolute Gasteiger partial charge is 0.508 e. The highest BCUT2D eigenvalue weighted by atomic mass is 16.4. The molecule has 5 nitrogen and oxygen atoms in total. The van der Waals surface area contributed by atoms with Crippen molar-refractivity contribution in [2.45, 2.75) is 0 Å². The Hall–Kier alpha value is -2.30. The number of aliphatic carboxylic acids is 1. The van der Waals surface area contributed by atoms with E-state index < -0.39 is 18.4 Å². The maximum absolute atomic E-state index is 11.1. The molecule has 0 atom stereocenters.